The van der Waals surface area contributed by atoms with E-state index in [2.05, 4.69) is 10.3 Å². The van der Waals surface area contributed by atoms with Gasteiger partial charge in [0.25, 0.3) is 0 Å². The lowest BCUT2D eigenvalue weighted by atomic mass is 9.92. The van der Waals surface area contributed by atoms with Crippen molar-refractivity contribution in [3.8, 4) is 0 Å². The number of piperidine rings is 2. The first-order chi connectivity index (χ1) is 15.6. The summed E-state index contributed by atoms with van der Waals surface area (Å²) in [5.74, 6) is 0.452. The zero-order chi connectivity index (χ0) is 22.3. The molecule has 0 radical (unpaired) electrons. The minimum atomic E-state index is -0.151. The van der Waals surface area contributed by atoms with Crippen LogP contribution in [0, 0.1) is 11.8 Å². The van der Waals surface area contributed by atoms with Gasteiger partial charge in [0.05, 0.1) is 12.3 Å². The Bertz CT molecular complexity index is 927. The Labute approximate surface area is 188 Å². The van der Waals surface area contributed by atoms with E-state index in [-0.39, 0.29) is 29.6 Å². The van der Waals surface area contributed by atoms with Crippen molar-refractivity contribution >= 4 is 23.5 Å². The summed E-state index contributed by atoms with van der Waals surface area (Å²) < 4.78 is 0. The molecule has 0 saturated carbocycles. The number of amides is 3. The molecule has 1 aromatic carbocycles. The summed E-state index contributed by atoms with van der Waals surface area (Å²) in [6.45, 7) is 2.36. The molecule has 1 N–H and O–H groups in total. The highest BCUT2D eigenvalue weighted by Gasteiger charge is 2.34. The first-order valence-corrected chi connectivity index (χ1v) is 11.4. The van der Waals surface area contributed by atoms with E-state index in [4.69, 9.17) is 0 Å². The lowest BCUT2D eigenvalue weighted by Crippen LogP contribution is -2.49. The van der Waals surface area contributed by atoms with Crippen molar-refractivity contribution in [3.63, 3.8) is 0 Å². The highest BCUT2D eigenvalue weighted by atomic mass is 16.2. The molecule has 2 saturated heterocycles. The lowest BCUT2D eigenvalue weighted by Gasteiger charge is -2.37. The molecule has 2 fully saturated rings. The molecule has 0 spiro atoms. The van der Waals surface area contributed by atoms with Crippen molar-refractivity contribution in [1.82, 2.24) is 14.8 Å². The number of carbonyl (C=O) groups excluding carboxylic acids is 3. The molecule has 2 aliphatic heterocycles. The second kappa shape index (κ2) is 10.4. The maximum absolute atomic E-state index is 13.1. The molecule has 7 heteroatoms. The number of likely N-dealkylation sites (tertiary alicyclic amines) is 2. The average Bonchev–Trinajstić information content (AvgIpc) is 2.85. The summed E-state index contributed by atoms with van der Waals surface area (Å²) in [5, 5.41) is 2.86. The Morgan fingerprint density at radius 1 is 0.875 bits per heavy atom. The maximum Gasteiger partial charge on any atom is 0.228 e. The van der Waals surface area contributed by atoms with Crippen LogP contribution in [-0.2, 0) is 20.8 Å². The van der Waals surface area contributed by atoms with Crippen LogP contribution in [0.4, 0.5) is 5.82 Å². The highest BCUT2D eigenvalue weighted by Crippen LogP contribution is 2.24. The van der Waals surface area contributed by atoms with Crippen molar-refractivity contribution in [3.05, 3.63) is 60.3 Å². The van der Waals surface area contributed by atoms with Crippen molar-refractivity contribution < 1.29 is 14.4 Å². The highest BCUT2D eigenvalue weighted by molar-refractivity contribution is 5.92. The van der Waals surface area contributed by atoms with Gasteiger partial charge in [0, 0.05) is 38.3 Å². The molecule has 7 nitrogen and oxygen atoms in total. The number of anilines is 1. The second-order valence-electron chi connectivity index (χ2n) is 8.65. The first kappa shape index (κ1) is 22.0. The van der Waals surface area contributed by atoms with Crippen molar-refractivity contribution in [2.24, 2.45) is 11.8 Å². The molecule has 0 aliphatic carbocycles. The zero-order valence-electron chi connectivity index (χ0n) is 18.3. The van der Waals surface area contributed by atoms with Crippen LogP contribution >= 0.6 is 0 Å². The van der Waals surface area contributed by atoms with Crippen LogP contribution in [-0.4, -0.2) is 58.7 Å². The van der Waals surface area contributed by atoms with E-state index in [0.29, 0.717) is 51.3 Å². The Morgan fingerprint density at radius 3 is 2.34 bits per heavy atom. The molecule has 1 unspecified atom stereocenters. The van der Waals surface area contributed by atoms with E-state index in [1.807, 2.05) is 46.2 Å². The largest absolute Gasteiger partial charge is 0.342 e. The second-order valence-corrected chi connectivity index (χ2v) is 8.65. The summed E-state index contributed by atoms with van der Waals surface area (Å²) >= 11 is 0. The zero-order valence-corrected chi connectivity index (χ0v) is 18.3. The Balaban J connectivity index is 1.26. The van der Waals surface area contributed by atoms with Crippen molar-refractivity contribution in [2.75, 3.05) is 31.5 Å². The Hall–Kier alpha value is -3.22. The predicted molar refractivity (Wildman–Crippen MR) is 122 cm³/mol. The number of hydrogen-bond acceptors (Lipinski definition) is 4. The number of rotatable bonds is 5. The Morgan fingerprint density at radius 2 is 1.62 bits per heavy atom. The van der Waals surface area contributed by atoms with Gasteiger partial charge >= 0.3 is 0 Å². The molecule has 4 rings (SSSR count). The van der Waals surface area contributed by atoms with Gasteiger partial charge in [-0.05, 0) is 43.4 Å². The quantitative estimate of drug-likeness (QED) is 0.785. The van der Waals surface area contributed by atoms with Crippen molar-refractivity contribution in [2.45, 2.75) is 32.1 Å². The van der Waals surface area contributed by atoms with Gasteiger partial charge in [0.2, 0.25) is 17.7 Å². The number of hydrogen-bond donors (Lipinski definition) is 1. The van der Waals surface area contributed by atoms with Gasteiger partial charge < -0.3 is 15.1 Å². The number of nitrogens with one attached hydrogen (secondary N) is 1. The molecule has 2 aliphatic rings. The fourth-order valence-electron chi connectivity index (χ4n) is 4.57. The molecule has 32 heavy (non-hydrogen) atoms. The third-order valence-electron chi connectivity index (χ3n) is 6.42. The summed E-state index contributed by atoms with van der Waals surface area (Å²) in [7, 11) is 0. The van der Waals surface area contributed by atoms with E-state index in [1.165, 1.54) is 0 Å². The van der Waals surface area contributed by atoms with Gasteiger partial charge in [0.15, 0.2) is 0 Å². The summed E-state index contributed by atoms with van der Waals surface area (Å²) in [6, 6.07) is 15.1. The molecule has 3 amide bonds. The van der Waals surface area contributed by atoms with Crippen LogP contribution < -0.4 is 5.32 Å². The molecule has 1 aromatic heterocycles. The third-order valence-corrected chi connectivity index (χ3v) is 6.42. The van der Waals surface area contributed by atoms with Crippen LogP contribution in [0.3, 0.4) is 0 Å². The summed E-state index contributed by atoms with van der Waals surface area (Å²) in [6.07, 6.45) is 4.98. The minimum absolute atomic E-state index is 0.0360. The standard InChI is InChI=1S/C25H30N4O3/c30-23(17-19-7-2-1-3-8-19)29-14-6-9-21(18-29)25(32)28-15-11-20(12-16-28)24(31)27-22-10-4-5-13-26-22/h1-5,7-8,10,13,20-21H,6,9,11-12,14-18H2,(H,26,27,31). The fraction of sp³-hybridized carbons (Fsp3) is 0.440. The maximum atomic E-state index is 13.1. The minimum Gasteiger partial charge on any atom is -0.342 e. The van der Waals surface area contributed by atoms with Gasteiger partial charge in [-0.2, -0.15) is 0 Å². The van der Waals surface area contributed by atoms with Crippen LogP contribution in [0.15, 0.2) is 54.7 Å². The predicted octanol–water partition coefficient (Wildman–Crippen LogP) is 2.74. The first-order valence-electron chi connectivity index (χ1n) is 11.4. The SMILES string of the molecule is O=C(Nc1ccccn1)C1CCN(C(=O)C2CCCN(C(=O)Cc3ccccc3)C2)CC1. The smallest absolute Gasteiger partial charge is 0.228 e. The van der Waals surface area contributed by atoms with Crippen LogP contribution in [0.1, 0.15) is 31.2 Å². The van der Waals surface area contributed by atoms with Gasteiger partial charge in [-0.15, -0.1) is 0 Å². The van der Waals surface area contributed by atoms with E-state index < -0.39 is 0 Å². The van der Waals surface area contributed by atoms with E-state index in [9.17, 15) is 14.4 Å². The number of pyridine rings is 1. The van der Waals surface area contributed by atoms with E-state index >= 15 is 0 Å². The molecular weight excluding hydrogens is 404 g/mol. The van der Waals surface area contributed by atoms with Crippen molar-refractivity contribution in [1.29, 1.82) is 0 Å². The van der Waals surface area contributed by atoms with Gasteiger partial charge in [0.1, 0.15) is 5.82 Å². The molecular formula is C25H30N4O3. The molecule has 0 bridgehead atoms. The van der Waals surface area contributed by atoms with E-state index in [1.54, 1.807) is 18.3 Å². The molecule has 1 atom stereocenters. The number of benzene rings is 1. The van der Waals surface area contributed by atoms with Gasteiger partial charge in [-0.3, -0.25) is 14.4 Å². The normalized spacial score (nSPS) is 19.4. The summed E-state index contributed by atoms with van der Waals surface area (Å²) in [5.41, 5.74) is 0.997. The van der Waals surface area contributed by atoms with Crippen LogP contribution in [0.2, 0.25) is 0 Å². The van der Waals surface area contributed by atoms with Crippen LogP contribution in [0.5, 0.6) is 0 Å². The summed E-state index contributed by atoms with van der Waals surface area (Å²) in [4.78, 5) is 46.2. The van der Waals surface area contributed by atoms with Gasteiger partial charge in [-0.25, -0.2) is 4.98 Å². The van der Waals surface area contributed by atoms with E-state index in [0.717, 1.165) is 18.4 Å². The number of carbonyl (C=O) groups is 3. The molecule has 3 heterocycles. The third kappa shape index (κ3) is 5.52. The Kier molecular flexibility index (Phi) is 7.14. The van der Waals surface area contributed by atoms with Crippen LogP contribution in [0.25, 0.3) is 0 Å². The monoisotopic (exact) mass is 434 g/mol. The molecule has 2 aromatic rings. The van der Waals surface area contributed by atoms with Gasteiger partial charge in [-0.1, -0.05) is 36.4 Å². The fourth-order valence-corrected chi connectivity index (χ4v) is 4.57. The number of aromatic nitrogens is 1. The molecule has 168 valence electrons. The average molecular weight is 435 g/mol. The number of nitrogens with zero attached hydrogens (tertiary/aromatic N) is 3. The topological polar surface area (TPSA) is 82.6 Å². The lowest BCUT2D eigenvalue weighted by molar-refractivity contribution is -0.142.